The quantitative estimate of drug-likeness (QED) is 0.681. The number of piperazine rings is 1. The summed E-state index contributed by atoms with van der Waals surface area (Å²) in [6.07, 6.45) is 3.48. The van der Waals surface area contributed by atoms with Crippen molar-refractivity contribution in [2.24, 2.45) is 0 Å². The molecule has 2 fully saturated rings. The van der Waals surface area contributed by atoms with E-state index in [4.69, 9.17) is 14.5 Å². The zero-order valence-corrected chi connectivity index (χ0v) is 18.2. The maximum absolute atomic E-state index is 12.6. The Bertz CT molecular complexity index is 917. The van der Waals surface area contributed by atoms with Gasteiger partial charge in [-0.25, -0.2) is 4.98 Å². The van der Waals surface area contributed by atoms with Crippen molar-refractivity contribution in [1.29, 1.82) is 0 Å². The van der Waals surface area contributed by atoms with Crippen molar-refractivity contribution < 1.29 is 14.3 Å². The number of ether oxygens (including phenoxy) is 2. The Balaban J connectivity index is 1.35. The zero-order valence-electron chi connectivity index (χ0n) is 18.2. The van der Waals surface area contributed by atoms with Gasteiger partial charge in [-0.1, -0.05) is 12.1 Å². The summed E-state index contributed by atoms with van der Waals surface area (Å²) in [5, 5.41) is 0. The van der Waals surface area contributed by atoms with Crippen LogP contribution in [0.15, 0.2) is 36.4 Å². The Labute approximate surface area is 183 Å². The van der Waals surface area contributed by atoms with Gasteiger partial charge in [-0.3, -0.25) is 4.79 Å². The molecule has 0 saturated carbocycles. The number of nitrogens with zero attached hydrogens (tertiary/aromatic N) is 5. The molecule has 0 N–H and O–H groups in total. The van der Waals surface area contributed by atoms with Crippen LogP contribution in [-0.2, 0) is 9.53 Å². The van der Waals surface area contributed by atoms with Crippen molar-refractivity contribution in [2.45, 2.75) is 6.92 Å². The zero-order chi connectivity index (χ0) is 21.6. The molecule has 8 nitrogen and oxygen atoms in total. The summed E-state index contributed by atoms with van der Waals surface area (Å²) in [6, 6.07) is 9.66. The number of amides is 1. The van der Waals surface area contributed by atoms with Crippen molar-refractivity contribution >= 4 is 23.7 Å². The molecule has 0 radical (unpaired) electrons. The van der Waals surface area contributed by atoms with Gasteiger partial charge < -0.3 is 24.2 Å². The highest BCUT2D eigenvalue weighted by Gasteiger charge is 2.23. The molecular formula is C23H29N5O3. The van der Waals surface area contributed by atoms with Crippen LogP contribution in [0, 0.1) is 6.92 Å². The summed E-state index contributed by atoms with van der Waals surface area (Å²) >= 11 is 0. The molecule has 0 atom stereocenters. The van der Waals surface area contributed by atoms with Crippen LogP contribution in [0.3, 0.4) is 0 Å². The summed E-state index contributed by atoms with van der Waals surface area (Å²) in [6.45, 7) is 7.87. The number of rotatable bonds is 5. The molecule has 1 aromatic heterocycles. The van der Waals surface area contributed by atoms with Crippen LogP contribution in [0.5, 0.6) is 5.75 Å². The summed E-state index contributed by atoms with van der Waals surface area (Å²) < 4.78 is 10.6. The Morgan fingerprint density at radius 3 is 2.39 bits per heavy atom. The van der Waals surface area contributed by atoms with E-state index in [9.17, 15) is 4.79 Å². The first-order valence-corrected chi connectivity index (χ1v) is 10.7. The average Bonchev–Trinajstić information content (AvgIpc) is 2.83. The molecule has 2 aliphatic heterocycles. The van der Waals surface area contributed by atoms with Gasteiger partial charge in [0.1, 0.15) is 11.6 Å². The molecule has 3 heterocycles. The smallest absolute Gasteiger partial charge is 0.246 e. The van der Waals surface area contributed by atoms with Crippen LogP contribution in [-0.4, -0.2) is 80.4 Å². The second-order valence-corrected chi connectivity index (χ2v) is 7.69. The molecule has 2 aromatic rings. The van der Waals surface area contributed by atoms with Gasteiger partial charge in [0.25, 0.3) is 0 Å². The van der Waals surface area contributed by atoms with Crippen molar-refractivity contribution in [1.82, 2.24) is 14.9 Å². The van der Waals surface area contributed by atoms with E-state index in [1.807, 2.05) is 48.2 Å². The van der Waals surface area contributed by atoms with E-state index in [-0.39, 0.29) is 5.91 Å². The molecule has 2 aliphatic rings. The minimum absolute atomic E-state index is 0.0228. The third kappa shape index (κ3) is 5.32. The standard InChI is InChI=1S/C23H29N5O3/c1-18-17-21(26-13-15-31-16-14-26)25-23(24-18)28-11-9-27(10-12-28)22(29)8-5-19-3-6-20(30-2)7-4-19/h3-8,17H,9-16H2,1-2H3/b8-5+. The van der Waals surface area contributed by atoms with Crippen molar-refractivity contribution in [2.75, 3.05) is 69.4 Å². The molecule has 31 heavy (non-hydrogen) atoms. The number of morpholine rings is 1. The lowest BCUT2D eigenvalue weighted by Crippen LogP contribution is -2.49. The van der Waals surface area contributed by atoms with Crippen molar-refractivity contribution in [3.63, 3.8) is 0 Å². The molecule has 0 spiro atoms. The Morgan fingerprint density at radius 1 is 1.00 bits per heavy atom. The predicted molar refractivity (Wildman–Crippen MR) is 121 cm³/mol. The molecule has 0 aliphatic carbocycles. The summed E-state index contributed by atoms with van der Waals surface area (Å²) in [4.78, 5) is 28.3. The third-order valence-corrected chi connectivity index (χ3v) is 5.57. The minimum atomic E-state index is 0.0228. The first kappa shape index (κ1) is 21.1. The number of carbonyl (C=O) groups excluding carboxylic acids is 1. The maximum atomic E-state index is 12.6. The summed E-state index contributed by atoms with van der Waals surface area (Å²) in [5.41, 5.74) is 1.92. The number of carbonyl (C=O) groups is 1. The molecule has 4 rings (SSSR count). The van der Waals surface area contributed by atoms with Gasteiger partial charge in [0, 0.05) is 57.1 Å². The molecule has 8 heteroatoms. The first-order chi connectivity index (χ1) is 15.1. The largest absolute Gasteiger partial charge is 0.497 e. The number of hydrogen-bond acceptors (Lipinski definition) is 7. The monoisotopic (exact) mass is 423 g/mol. The fourth-order valence-corrected chi connectivity index (χ4v) is 3.75. The van der Waals surface area contributed by atoms with E-state index in [0.717, 1.165) is 55.1 Å². The molecule has 0 unspecified atom stereocenters. The minimum Gasteiger partial charge on any atom is -0.497 e. The molecule has 2 saturated heterocycles. The number of anilines is 2. The van der Waals surface area contributed by atoms with E-state index in [2.05, 4.69) is 14.8 Å². The first-order valence-electron chi connectivity index (χ1n) is 10.7. The Kier molecular flexibility index (Phi) is 6.66. The normalized spacial score (nSPS) is 17.3. The Hall–Kier alpha value is -3.13. The number of benzene rings is 1. The van der Waals surface area contributed by atoms with Gasteiger partial charge in [0.2, 0.25) is 11.9 Å². The van der Waals surface area contributed by atoms with E-state index in [1.54, 1.807) is 13.2 Å². The number of methoxy groups -OCH3 is 1. The van der Waals surface area contributed by atoms with Crippen molar-refractivity contribution in [3.05, 3.63) is 47.7 Å². The lowest BCUT2D eigenvalue weighted by molar-refractivity contribution is -0.126. The van der Waals surface area contributed by atoms with E-state index < -0.39 is 0 Å². The predicted octanol–water partition coefficient (Wildman–Crippen LogP) is 1.99. The van der Waals surface area contributed by atoms with Crippen LogP contribution in [0.4, 0.5) is 11.8 Å². The fourth-order valence-electron chi connectivity index (χ4n) is 3.75. The van der Waals surface area contributed by atoms with Crippen LogP contribution < -0.4 is 14.5 Å². The number of aryl methyl sites for hydroxylation is 1. The van der Waals surface area contributed by atoms with Gasteiger partial charge in [0.15, 0.2) is 0 Å². The second kappa shape index (κ2) is 9.78. The van der Waals surface area contributed by atoms with Crippen molar-refractivity contribution in [3.8, 4) is 5.75 Å². The highest BCUT2D eigenvalue weighted by molar-refractivity contribution is 5.92. The molecule has 164 valence electrons. The molecule has 1 aromatic carbocycles. The molecule has 1 amide bonds. The maximum Gasteiger partial charge on any atom is 0.246 e. The highest BCUT2D eigenvalue weighted by atomic mass is 16.5. The summed E-state index contributed by atoms with van der Waals surface area (Å²) in [5.74, 6) is 2.51. The third-order valence-electron chi connectivity index (χ3n) is 5.57. The average molecular weight is 424 g/mol. The summed E-state index contributed by atoms with van der Waals surface area (Å²) in [7, 11) is 1.64. The topological polar surface area (TPSA) is 71.0 Å². The molecule has 0 bridgehead atoms. The van der Waals surface area contributed by atoms with E-state index >= 15 is 0 Å². The fraction of sp³-hybridized carbons (Fsp3) is 0.435. The van der Waals surface area contributed by atoms with Gasteiger partial charge in [-0.2, -0.15) is 4.98 Å². The Morgan fingerprint density at radius 2 is 1.71 bits per heavy atom. The van der Waals surface area contributed by atoms with Crippen LogP contribution in [0.25, 0.3) is 6.08 Å². The van der Waals surface area contributed by atoms with Gasteiger partial charge in [-0.15, -0.1) is 0 Å². The van der Waals surface area contributed by atoms with Gasteiger partial charge >= 0.3 is 0 Å². The van der Waals surface area contributed by atoms with E-state index in [0.29, 0.717) is 26.2 Å². The second-order valence-electron chi connectivity index (χ2n) is 7.69. The van der Waals surface area contributed by atoms with Crippen LogP contribution >= 0.6 is 0 Å². The van der Waals surface area contributed by atoms with Gasteiger partial charge in [0.05, 0.1) is 20.3 Å². The lowest BCUT2D eigenvalue weighted by Gasteiger charge is -2.35. The van der Waals surface area contributed by atoms with E-state index in [1.165, 1.54) is 0 Å². The van der Waals surface area contributed by atoms with Gasteiger partial charge in [-0.05, 0) is 30.7 Å². The van der Waals surface area contributed by atoms with Crippen LogP contribution in [0.1, 0.15) is 11.3 Å². The SMILES string of the molecule is COc1ccc(/C=C/C(=O)N2CCN(c3nc(C)cc(N4CCOCC4)n3)CC2)cc1. The highest BCUT2D eigenvalue weighted by Crippen LogP contribution is 2.20. The van der Waals surface area contributed by atoms with Crippen LogP contribution in [0.2, 0.25) is 0 Å². The number of aromatic nitrogens is 2. The lowest BCUT2D eigenvalue weighted by atomic mass is 10.2. The number of hydrogen-bond donors (Lipinski definition) is 0. The molecular weight excluding hydrogens is 394 g/mol.